The highest BCUT2D eigenvalue weighted by Crippen LogP contribution is 2.34. The monoisotopic (exact) mass is 405 g/mol. The van der Waals surface area contributed by atoms with E-state index in [1.165, 1.54) is 0 Å². The molecule has 10 nitrogen and oxygen atoms in total. The van der Waals surface area contributed by atoms with Crippen molar-refractivity contribution in [2.24, 2.45) is 0 Å². The maximum atomic E-state index is 13.8. The van der Waals surface area contributed by atoms with E-state index in [4.69, 9.17) is 18.9 Å². The predicted molar refractivity (Wildman–Crippen MR) is 82.3 cm³/mol. The smallest absolute Gasteiger partial charge is 0.386 e. The van der Waals surface area contributed by atoms with E-state index in [9.17, 15) is 32.8 Å². The van der Waals surface area contributed by atoms with Crippen molar-refractivity contribution >= 4 is 29.6 Å². The summed E-state index contributed by atoms with van der Waals surface area (Å²) in [6, 6.07) is 0. The lowest BCUT2D eigenvalue weighted by molar-refractivity contribution is -0.181. The first-order valence-corrected chi connectivity index (χ1v) is 8.01. The fraction of sp³-hybridized carbons (Fsp3) is 0.562. The van der Waals surface area contributed by atoms with Crippen LogP contribution in [0.1, 0.15) is 20.8 Å². The average Bonchev–Trinajstić information content (AvgIpc) is 2.88. The van der Waals surface area contributed by atoms with E-state index in [-0.39, 0.29) is 0 Å². The third-order valence-corrected chi connectivity index (χ3v) is 3.81. The van der Waals surface area contributed by atoms with Crippen molar-refractivity contribution in [3.63, 3.8) is 0 Å². The first kappa shape index (κ1) is 21.4. The number of hydrogen-bond acceptors (Lipinski definition) is 9. The molecule has 154 valence electrons. The molecule has 2 aliphatic rings. The third-order valence-electron chi connectivity index (χ3n) is 3.81. The molecule has 0 saturated carbocycles. The number of rotatable bonds is 5. The highest BCUT2D eigenvalue weighted by Gasteiger charge is 2.58. The Kier molecular flexibility index (Phi) is 6.12. The molecule has 0 aliphatic carbocycles. The number of halogens is 2. The molecule has 2 aliphatic heterocycles. The summed E-state index contributed by atoms with van der Waals surface area (Å²) in [4.78, 5) is 57.7. The van der Waals surface area contributed by atoms with Crippen LogP contribution in [-0.2, 0) is 42.9 Å². The molecular weight excluding hydrogens is 388 g/mol. The molecule has 0 N–H and O–H groups in total. The molecule has 0 bridgehead atoms. The van der Waals surface area contributed by atoms with Gasteiger partial charge in [-0.1, -0.05) is 0 Å². The van der Waals surface area contributed by atoms with Gasteiger partial charge >= 0.3 is 29.7 Å². The van der Waals surface area contributed by atoms with Crippen molar-refractivity contribution < 1.29 is 51.7 Å². The Morgan fingerprint density at radius 1 is 1.07 bits per heavy atom. The van der Waals surface area contributed by atoms with Crippen LogP contribution in [0.2, 0.25) is 0 Å². The summed E-state index contributed by atoms with van der Waals surface area (Å²) in [5, 5.41) is 0. The molecule has 0 unspecified atom stereocenters. The molecule has 0 aromatic carbocycles. The molecule has 2 rings (SSSR count). The van der Waals surface area contributed by atoms with Crippen LogP contribution in [0.5, 0.6) is 0 Å². The first-order chi connectivity index (χ1) is 12.9. The van der Waals surface area contributed by atoms with Crippen molar-refractivity contribution in [2.75, 3.05) is 6.61 Å². The van der Waals surface area contributed by atoms with Gasteiger partial charge in [0, 0.05) is 33.0 Å². The van der Waals surface area contributed by atoms with Gasteiger partial charge in [0.2, 0.25) is 5.78 Å². The Bertz CT molecular complexity index is 736. The van der Waals surface area contributed by atoms with Gasteiger partial charge in [0.1, 0.15) is 12.7 Å². The molecular formula is C16H17F2NO9. The van der Waals surface area contributed by atoms with Gasteiger partial charge in [-0.2, -0.15) is 8.78 Å². The summed E-state index contributed by atoms with van der Waals surface area (Å²) in [7, 11) is 0. The zero-order valence-corrected chi connectivity index (χ0v) is 15.0. The zero-order chi connectivity index (χ0) is 21.2. The fourth-order valence-electron chi connectivity index (χ4n) is 2.71. The lowest BCUT2D eigenvalue weighted by Gasteiger charge is -2.33. The topological polar surface area (TPSA) is 126 Å². The van der Waals surface area contributed by atoms with E-state index < -0.39 is 66.7 Å². The molecule has 0 aromatic rings. The van der Waals surface area contributed by atoms with E-state index >= 15 is 0 Å². The first-order valence-electron chi connectivity index (χ1n) is 8.01. The van der Waals surface area contributed by atoms with Gasteiger partial charge in [0.05, 0.1) is 0 Å². The van der Waals surface area contributed by atoms with Gasteiger partial charge in [0.15, 0.2) is 18.4 Å². The highest BCUT2D eigenvalue weighted by atomic mass is 19.3. The lowest BCUT2D eigenvalue weighted by Crippen LogP contribution is -2.56. The summed E-state index contributed by atoms with van der Waals surface area (Å²) >= 11 is 0. The van der Waals surface area contributed by atoms with Crippen LogP contribution in [0, 0.1) is 0 Å². The largest absolute Gasteiger partial charge is 0.463 e. The number of hydrogen-bond donors (Lipinski definition) is 0. The number of ether oxygens (including phenoxy) is 4. The quantitative estimate of drug-likeness (QED) is 0.344. The van der Waals surface area contributed by atoms with Crippen molar-refractivity contribution in [2.45, 2.75) is 51.2 Å². The minimum atomic E-state index is -4.34. The molecule has 28 heavy (non-hydrogen) atoms. The molecule has 1 saturated heterocycles. The summed E-state index contributed by atoms with van der Waals surface area (Å²) in [6.45, 7) is 2.68. The van der Waals surface area contributed by atoms with Crippen LogP contribution in [0.25, 0.3) is 0 Å². The Labute approximate surface area is 157 Å². The van der Waals surface area contributed by atoms with Gasteiger partial charge in [-0.25, -0.2) is 0 Å². The number of ketones is 1. The van der Waals surface area contributed by atoms with Crippen LogP contribution in [0.4, 0.5) is 8.78 Å². The molecule has 0 radical (unpaired) electrons. The Hall–Kier alpha value is -2.89. The van der Waals surface area contributed by atoms with E-state index in [1.54, 1.807) is 0 Å². The Morgan fingerprint density at radius 2 is 1.64 bits per heavy atom. The lowest BCUT2D eigenvalue weighted by atomic mass is 10.1. The van der Waals surface area contributed by atoms with Crippen molar-refractivity contribution in [1.29, 1.82) is 0 Å². The normalized spacial score (nSPS) is 28.8. The van der Waals surface area contributed by atoms with Gasteiger partial charge < -0.3 is 18.9 Å². The van der Waals surface area contributed by atoms with Crippen LogP contribution < -0.4 is 0 Å². The molecule has 1 fully saturated rings. The summed E-state index contributed by atoms with van der Waals surface area (Å²) in [6.07, 6.45) is -4.54. The van der Waals surface area contributed by atoms with E-state index in [0.717, 1.165) is 27.0 Å². The minimum Gasteiger partial charge on any atom is -0.463 e. The van der Waals surface area contributed by atoms with E-state index in [2.05, 4.69) is 0 Å². The Morgan fingerprint density at radius 3 is 2.18 bits per heavy atom. The highest BCUT2D eigenvalue weighted by molar-refractivity contribution is 6.14. The SMILES string of the molecule is CC(=O)OC[C@H]1O[C@@H](N2C=CC(=O)C(F)(F)C2=O)[C@@H](OC(C)=O)[C@@H]1OC(C)=O. The second-order valence-corrected chi connectivity index (χ2v) is 5.98. The van der Waals surface area contributed by atoms with Crippen LogP contribution in [-0.4, -0.2) is 71.6 Å². The number of amides is 1. The van der Waals surface area contributed by atoms with Crippen molar-refractivity contribution in [1.82, 2.24) is 4.90 Å². The number of allylic oxidation sites excluding steroid dienone is 1. The summed E-state index contributed by atoms with van der Waals surface area (Å²) in [5.41, 5.74) is 0. The molecule has 0 aromatic heterocycles. The van der Waals surface area contributed by atoms with Gasteiger partial charge in [-0.05, 0) is 0 Å². The minimum absolute atomic E-state index is 0.374. The number of nitrogens with zero attached hydrogens (tertiary/aromatic N) is 1. The second-order valence-electron chi connectivity index (χ2n) is 5.98. The molecule has 12 heteroatoms. The number of carbonyl (C=O) groups excluding carboxylic acids is 5. The third kappa shape index (κ3) is 4.32. The van der Waals surface area contributed by atoms with E-state index in [1.807, 2.05) is 0 Å². The Balaban J connectivity index is 2.39. The van der Waals surface area contributed by atoms with Crippen molar-refractivity contribution in [3.8, 4) is 0 Å². The van der Waals surface area contributed by atoms with Gasteiger partial charge in [-0.3, -0.25) is 28.9 Å². The molecule has 4 atom stereocenters. The molecule has 0 spiro atoms. The summed E-state index contributed by atoms with van der Waals surface area (Å²) < 4.78 is 48.0. The summed E-state index contributed by atoms with van der Waals surface area (Å²) in [5.74, 6) is -10.4. The zero-order valence-electron chi connectivity index (χ0n) is 15.0. The van der Waals surface area contributed by atoms with Crippen molar-refractivity contribution in [3.05, 3.63) is 12.3 Å². The van der Waals surface area contributed by atoms with E-state index in [0.29, 0.717) is 11.0 Å². The van der Waals surface area contributed by atoms with Crippen LogP contribution in [0.15, 0.2) is 12.3 Å². The number of esters is 3. The van der Waals surface area contributed by atoms with Gasteiger partial charge in [-0.15, -0.1) is 0 Å². The molecule has 1 amide bonds. The maximum Gasteiger partial charge on any atom is 0.386 e. The maximum absolute atomic E-state index is 13.8. The number of alkyl halides is 2. The van der Waals surface area contributed by atoms with Crippen LogP contribution in [0.3, 0.4) is 0 Å². The van der Waals surface area contributed by atoms with Crippen LogP contribution >= 0.6 is 0 Å². The average molecular weight is 405 g/mol. The molecule has 2 heterocycles. The standard InChI is InChI=1S/C16H17F2NO9/c1-7(20)25-6-10-12(26-8(2)21)13(27-9(3)22)14(28-10)19-5-4-11(23)16(17,18)15(19)24/h4-5,10,12-14H,6H2,1-3H3/t10-,12-,13+,14-/m1/s1. The second kappa shape index (κ2) is 8.00. The number of carbonyl (C=O) groups is 5. The predicted octanol–water partition coefficient (Wildman–Crippen LogP) is -0.302. The van der Waals surface area contributed by atoms with Gasteiger partial charge in [0.25, 0.3) is 0 Å². The fourth-order valence-corrected chi connectivity index (χ4v) is 2.71.